The maximum atomic E-state index is 12.9. The molecule has 4 nitrogen and oxygen atoms in total. The number of ether oxygens (including phenoxy) is 2. The van der Waals surface area contributed by atoms with Gasteiger partial charge in [-0.05, 0) is 55.5 Å². The Balaban J connectivity index is 1.81. The number of hydrogen-bond donors (Lipinski definition) is 2. The molecule has 2 aromatic rings. The number of thiocarbonyl (C=S) groups is 1. The second kappa shape index (κ2) is 8.33. The highest BCUT2D eigenvalue weighted by molar-refractivity contribution is 7.80. The SMILES string of the molecule is COc1ccccc1OC[C@@H](C)NC(=S)Nc1ccc(F)cc1. The molecule has 2 N–H and O–H groups in total. The second-order valence-electron chi connectivity index (χ2n) is 4.97. The average Bonchev–Trinajstić information content (AvgIpc) is 2.55. The number of benzene rings is 2. The van der Waals surface area contributed by atoms with E-state index in [0.717, 1.165) is 5.69 Å². The van der Waals surface area contributed by atoms with E-state index in [9.17, 15) is 4.39 Å². The van der Waals surface area contributed by atoms with Crippen LogP contribution in [0.4, 0.5) is 10.1 Å². The molecule has 0 aromatic heterocycles. The minimum absolute atomic E-state index is 0.0136. The van der Waals surface area contributed by atoms with Crippen molar-refractivity contribution < 1.29 is 13.9 Å². The molecule has 6 heteroatoms. The van der Waals surface area contributed by atoms with Crippen LogP contribution < -0.4 is 20.1 Å². The lowest BCUT2D eigenvalue weighted by Gasteiger charge is -2.18. The topological polar surface area (TPSA) is 42.5 Å². The van der Waals surface area contributed by atoms with Crippen molar-refractivity contribution in [2.45, 2.75) is 13.0 Å². The van der Waals surface area contributed by atoms with Crippen LogP contribution in [0.15, 0.2) is 48.5 Å². The van der Waals surface area contributed by atoms with Gasteiger partial charge < -0.3 is 20.1 Å². The Morgan fingerprint density at radius 3 is 2.43 bits per heavy atom. The summed E-state index contributed by atoms with van der Waals surface area (Å²) in [6.07, 6.45) is 0. The number of hydrogen-bond acceptors (Lipinski definition) is 3. The Bertz CT molecular complexity index is 649. The third-order valence-electron chi connectivity index (χ3n) is 3.04. The number of halogens is 1. The van der Waals surface area contributed by atoms with Gasteiger partial charge in [-0.3, -0.25) is 0 Å². The van der Waals surface area contributed by atoms with Crippen molar-refractivity contribution in [1.29, 1.82) is 0 Å². The van der Waals surface area contributed by atoms with Crippen molar-refractivity contribution in [2.75, 3.05) is 19.0 Å². The first kappa shape index (κ1) is 17.0. The Kier molecular flexibility index (Phi) is 6.17. The maximum absolute atomic E-state index is 12.9. The summed E-state index contributed by atoms with van der Waals surface area (Å²) >= 11 is 5.23. The van der Waals surface area contributed by atoms with Gasteiger partial charge in [0, 0.05) is 5.69 Å². The quantitative estimate of drug-likeness (QED) is 0.790. The average molecular weight is 334 g/mol. The highest BCUT2D eigenvalue weighted by atomic mass is 32.1. The summed E-state index contributed by atoms with van der Waals surface area (Å²) in [7, 11) is 1.60. The predicted octanol–water partition coefficient (Wildman–Crippen LogP) is 3.59. The van der Waals surface area contributed by atoms with Crippen molar-refractivity contribution >= 4 is 23.0 Å². The summed E-state index contributed by atoms with van der Waals surface area (Å²) in [5.74, 6) is 1.08. The van der Waals surface area contributed by atoms with Crippen LogP contribution in [0.2, 0.25) is 0 Å². The van der Waals surface area contributed by atoms with Gasteiger partial charge >= 0.3 is 0 Å². The van der Waals surface area contributed by atoms with E-state index in [2.05, 4.69) is 10.6 Å². The van der Waals surface area contributed by atoms with Gasteiger partial charge in [0.1, 0.15) is 12.4 Å². The molecule has 122 valence electrons. The normalized spacial score (nSPS) is 11.4. The summed E-state index contributed by atoms with van der Waals surface area (Å²) in [6, 6.07) is 13.4. The third-order valence-corrected chi connectivity index (χ3v) is 3.26. The summed E-state index contributed by atoms with van der Waals surface area (Å²) in [4.78, 5) is 0. The predicted molar refractivity (Wildman–Crippen MR) is 93.7 cm³/mol. The van der Waals surface area contributed by atoms with Crippen molar-refractivity contribution in [3.8, 4) is 11.5 Å². The smallest absolute Gasteiger partial charge is 0.171 e. The van der Waals surface area contributed by atoms with Crippen molar-refractivity contribution in [2.24, 2.45) is 0 Å². The minimum Gasteiger partial charge on any atom is -0.493 e. The standard InChI is InChI=1S/C17H19FN2O2S/c1-12(11-22-16-6-4-3-5-15(16)21-2)19-17(23)20-14-9-7-13(18)8-10-14/h3-10,12H,11H2,1-2H3,(H2,19,20,23)/t12-/m1/s1. The molecule has 2 aromatic carbocycles. The zero-order valence-corrected chi connectivity index (χ0v) is 13.8. The van der Waals surface area contributed by atoms with Gasteiger partial charge in [0.05, 0.1) is 13.2 Å². The van der Waals surface area contributed by atoms with Gasteiger partial charge in [0.25, 0.3) is 0 Å². The molecule has 2 rings (SSSR count). The molecule has 0 heterocycles. The van der Waals surface area contributed by atoms with Gasteiger partial charge in [-0.25, -0.2) is 4.39 Å². The zero-order valence-electron chi connectivity index (χ0n) is 13.0. The Morgan fingerprint density at radius 2 is 1.78 bits per heavy atom. The fraction of sp³-hybridized carbons (Fsp3) is 0.235. The molecule has 0 saturated heterocycles. The first-order chi connectivity index (χ1) is 11.1. The molecule has 0 bridgehead atoms. The number of anilines is 1. The number of para-hydroxylation sites is 2. The molecule has 0 aliphatic carbocycles. The van der Waals surface area contributed by atoms with Crippen LogP contribution in [0.3, 0.4) is 0 Å². The largest absolute Gasteiger partial charge is 0.493 e. The number of methoxy groups -OCH3 is 1. The first-order valence-corrected chi connectivity index (χ1v) is 7.58. The van der Waals surface area contributed by atoms with E-state index < -0.39 is 0 Å². The Hall–Kier alpha value is -2.34. The molecule has 0 aliphatic heterocycles. The van der Waals surface area contributed by atoms with E-state index in [4.69, 9.17) is 21.7 Å². The molecule has 23 heavy (non-hydrogen) atoms. The highest BCUT2D eigenvalue weighted by Gasteiger charge is 2.08. The van der Waals surface area contributed by atoms with Crippen LogP contribution in [0.5, 0.6) is 11.5 Å². The van der Waals surface area contributed by atoms with Crippen molar-refractivity contribution in [1.82, 2.24) is 5.32 Å². The van der Waals surface area contributed by atoms with E-state index in [1.54, 1.807) is 19.2 Å². The fourth-order valence-electron chi connectivity index (χ4n) is 1.92. The van der Waals surface area contributed by atoms with Gasteiger partial charge in [0.15, 0.2) is 16.6 Å². The minimum atomic E-state index is -0.284. The number of nitrogens with one attached hydrogen (secondary N) is 2. The summed E-state index contributed by atoms with van der Waals surface area (Å²) < 4.78 is 23.8. The van der Waals surface area contributed by atoms with Crippen LogP contribution in [-0.4, -0.2) is 24.9 Å². The maximum Gasteiger partial charge on any atom is 0.171 e. The second-order valence-corrected chi connectivity index (χ2v) is 5.38. The lowest BCUT2D eigenvalue weighted by Crippen LogP contribution is -2.39. The van der Waals surface area contributed by atoms with Gasteiger partial charge in [-0.1, -0.05) is 12.1 Å². The number of rotatable bonds is 6. The summed E-state index contributed by atoms with van der Waals surface area (Å²) in [6.45, 7) is 2.37. The molecule has 0 amide bonds. The Morgan fingerprint density at radius 1 is 1.13 bits per heavy atom. The molecule has 0 radical (unpaired) electrons. The molecule has 1 atom stereocenters. The van der Waals surface area contributed by atoms with Crippen molar-refractivity contribution in [3.05, 3.63) is 54.3 Å². The van der Waals surface area contributed by atoms with Crippen LogP contribution in [0.1, 0.15) is 6.92 Å². The molecule has 0 fully saturated rings. The van der Waals surface area contributed by atoms with Gasteiger partial charge in [0.2, 0.25) is 0 Å². The van der Waals surface area contributed by atoms with Crippen LogP contribution in [0.25, 0.3) is 0 Å². The highest BCUT2D eigenvalue weighted by Crippen LogP contribution is 2.25. The van der Waals surface area contributed by atoms with E-state index >= 15 is 0 Å². The van der Waals surface area contributed by atoms with Crippen LogP contribution >= 0.6 is 12.2 Å². The summed E-state index contributed by atoms with van der Waals surface area (Å²) in [5.41, 5.74) is 0.724. The Labute approximate surface area is 140 Å². The van der Waals surface area contributed by atoms with Crippen molar-refractivity contribution in [3.63, 3.8) is 0 Å². The lowest BCUT2D eigenvalue weighted by molar-refractivity contribution is 0.270. The fourth-order valence-corrected chi connectivity index (χ4v) is 2.24. The molecule has 0 saturated carbocycles. The van der Waals surface area contributed by atoms with E-state index in [1.165, 1.54) is 12.1 Å². The molecule has 0 spiro atoms. The molecule has 0 unspecified atom stereocenters. The van der Waals surface area contributed by atoms with E-state index in [1.807, 2.05) is 31.2 Å². The monoisotopic (exact) mass is 334 g/mol. The summed E-state index contributed by atoms with van der Waals surface area (Å²) in [5, 5.41) is 6.56. The van der Waals surface area contributed by atoms with E-state index in [0.29, 0.717) is 23.2 Å². The molecular formula is C17H19FN2O2S. The lowest BCUT2D eigenvalue weighted by atomic mass is 10.3. The van der Waals surface area contributed by atoms with Gasteiger partial charge in [-0.15, -0.1) is 0 Å². The third kappa shape index (κ3) is 5.41. The van der Waals surface area contributed by atoms with Gasteiger partial charge in [-0.2, -0.15) is 0 Å². The van der Waals surface area contributed by atoms with Crippen LogP contribution in [0, 0.1) is 5.82 Å². The molecule has 0 aliphatic rings. The van der Waals surface area contributed by atoms with Crippen LogP contribution in [-0.2, 0) is 0 Å². The zero-order chi connectivity index (χ0) is 16.7. The molecular weight excluding hydrogens is 315 g/mol. The van der Waals surface area contributed by atoms with E-state index in [-0.39, 0.29) is 11.9 Å². The first-order valence-electron chi connectivity index (χ1n) is 7.17.